The van der Waals surface area contributed by atoms with Crippen LogP contribution in [0, 0.1) is 11.3 Å². The van der Waals surface area contributed by atoms with Crippen LogP contribution >= 0.6 is 23.4 Å². The fourth-order valence-electron chi connectivity index (χ4n) is 0.983. The Morgan fingerprint density at radius 1 is 1.36 bits per heavy atom. The molecular formula is C11H12ClNS. The molecule has 0 atom stereocenters. The number of thioether (sulfide) groups is 1. The first-order valence-corrected chi connectivity index (χ1v) is 5.50. The Morgan fingerprint density at radius 3 is 2.43 bits per heavy atom. The fourth-order valence-corrected chi connectivity index (χ4v) is 2.23. The van der Waals surface area contributed by atoms with Crippen molar-refractivity contribution in [3.63, 3.8) is 0 Å². The topological polar surface area (TPSA) is 23.8 Å². The maximum atomic E-state index is 8.67. The second-order valence-corrected chi connectivity index (χ2v) is 6.25. The number of hydrogen-bond donors (Lipinski definition) is 0. The van der Waals surface area contributed by atoms with Gasteiger partial charge in [-0.1, -0.05) is 32.4 Å². The van der Waals surface area contributed by atoms with Gasteiger partial charge in [0.1, 0.15) is 0 Å². The molecule has 14 heavy (non-hydrogen) atoms. The minimum absolute atomic E-state index is 0.137. The molecule has 0 amide bonds. The molecule has 0 unspecified atom stereocenters. The first kappa shape index (κ1) is 11.4. The largest absolute Gasteiger partial charge is 0.192 e. The molecule has 74 valence electrons. The normalized spacial score (nSPS) is 11.1. The Balaban J connectivity index is 2.97. The molecule has 0 aliphatic carbocycles. The summed E-state index contributed by atoms with van der Waals surface area (Å²) in [5.41, 5.74) is 0.605. The van der Waals surface area contributed by atoms with Gasteiger partial charge in [-0.15, -0.1) is 11.8 Å². The van der Waals surface area contributed by atoms with E-state index in [0.717, 1.165) is 4.90 Å². The first-order valence-electron chi connectivity index (χ1n) is 4.31. The number of halogens is 1. The third-order valence-electron chi connectivity index (χ3n) is 1.48. The van der Waals surface area contributed by atoms with Crippen molar-refractivity contribution in [2.75, 3.05) is 0 Å². The van der Waals surface area contributed by atoms with E-state index in [1.54, 1.807) is 23.9 Å². The second kappa shape index (κ2) is 4.25. The Hall–Kier alpha value is -0.650. The Labute approximate surface area is 94.1 Å². The minimum atomic E-state index is 0.137. The predicted octanol–water partition coefficient (Wildman–Crippen LogP) is 4.10. The molecule has 0 heterocycles. The van der Waals surface area contributed by atoms with E-state index in [1.807, 2.05) is 6.07 Å². The number of nitrogens with zero attached hydrogens (tertiary/aromatic N) is 1. The molecule has 0 aliphatic heterocycles. The van der Waals surface area contributed by atoms with Crippen LogP contribution in [0.2, 0.25) is 5.02 Å². The first-order chi connectivity index (χ1) is 6.42. The number of hydrogen-bond acceptors (Lipinski definition) is 2. The van der Waals surface area contributed by atoms with Gasteiger partial charge in [-0.25, -0.2) is 0 Å². The van der Waals surface area contributed by atoms with Gasteiger partial charge in [-0.2, -0.15) is 5.26 Å². The summed E-state index contributed by atoms with van der Waals surface area (Å²) < 4.78 is 0.137. The summed E-state index contributed by atoms with van der Waals surface area (Å²) in [5.74, 6) is 0. The summed E-state index contributed by atoms with van der Waals surface area (Å²) in [5, 5.41) is 9.33. The van der Waals surface area contributed by atoms with Crippen LogP contribution in [0.5, 0.6) is 0 Å². The molecule has 1 aromatic rings. The quantitative estimate of drug-likeness (QED) is 0.672. The van der Waals surface area contributed by atoms with Gasteiger partial charge in [-0.05, 0) is 18.2 Å². The van der Waals surface area contributed by atoms with E-state index in [0.29, 0.717) is 10.6 Å². The smallest absolute Gasteiger partial charge is 0.0992 e. The van der Waals surface area contributed by atoms with Crippen LogP contribution in [-0.2, 0) is 0 Å². The number of benzene rings is 1. The fraction of sp³-hybridized carbons (Fsp3) is 0.364. The van der Waals surface area contributed by atoms with Gasteiger partial charge < -0.3 is 0 Å². The molecule has 0 fully saturated rings. The van der Waals surface area contributed by atoms with Crippen molar-refractivity contribution in [2.45, 2.75) is 30.4 Å². The third-order valence-corrected chi connectivity index (χ3v) is 3.09. The minimum Gasteiger partial charge on any atom is -0.192 e. The molecule has 0 saturated heterocycles. The van der Waals surface area contributed by atoms with Crippen molar-refractivity contribution < 1.29 is 0 Å². The molecule has 0 aliphatic rings. The monoisotopic (exact) mass is 225 g/mol. The Bertz CT molecular complexity index is 374. The molecule has 0 N–H and O–H groups in total. The lowest BCUT2D eigenvalue weighted by molar-refractivity contribution is 0.803. The van der Waals surface area contributed by atoms with E-state index < -0.39 is 0 Å². The molecule has 0 saturated carbocycles. The van der Waals surface area contributed by atoms with Crippen molar-refractivity contribution in [1.29, 1.82) is 5.26 Å². The van der Waals surface area contributed by atoms with Gasteiger partial charge in [0, 0.05) is 9.64 Å². The van der Waals surface area contributed by atoms with Crippen molar-refractivity contribution in [2.24, 2.45) is 0 Å². The summed E-state index contributed by atoms with van der Waals surface area (Å²) in [6, 6.07) is 7.46. The Morgan fingerprint density at radius 2 is 2.00 bits per heavy atom. The summed E-state index contributed by atoms with van der Waals surface area (Å²) in [4.78, 5) is 1.03. The maximum absolute atomic E-state index is 8.67. The van der Waals surface area contributed by atoms with Crippen LogP contribution < -0.4 is 0 Å². The highest BCUT2D eigenvalue weighted by atomic mass is 35.5. The zero-order chi connectivity index (χ0) is 10.8. The zero-order valence-electron chi connectivity index (χ0n) is 8.47. The van der Waals surface area contributed by atoms with E-state index >= 15 is 0 Å². The van der Waals surface area contributed by atoms with E-state index in [9.17, 15) is 0 Å². The summed E-state index contributed by atoms with van der Waals surface area (Å²) in [6.07, 6.45) is 0. The second-order valence-electron chi connectivity index (χ2n) is 3.97. The predicted molar refractivity (Wildman–Crippen MR) is 61.8 cm³/mol. The van der Waals surface area contributed by atoms with Crippen molar-refractivity contribution in [3.05, 3.63) is 28.8 Å². The van der Waals surface area contributed by atoms with E-state index in [4.69, 9.17) is 16.9 Å². The van der Waals surface area contributed by atoms with Gasteiger partial charge in [0.05, 0.1) is 16.7 Å². The van der Waals surface area contributed by atoms with Gasteiger partial charge in [0.15, 0.2) is 0 Å². The molecule has 0 spiro atoms. The lowest BCUT2D eigenvalue weighted by atomic mass is 10.2. The average Bonchev–Trinajstić information content (AvgIpc) is 2.06. The summed E-state index contributed by atoms with van der Waals surface area (Å²) in [7, 11) is 0. The molecule has 3 heteroatoms. The summed E-state index contributed by atoms with van der Waals surface area (Å²) >= 11 is 7.75. The van der Waals surface area contributed by atoms with Crippen LogP contribution in [-0.4, -0.2) is 4.75 Å². The van der Waals surface area contributed by atoms with E-state index in [1.165, 1.54) is 0 Å². The highest BCUT2D eigenvalue weighted by molar-refractivity contribution is 8.00. The highest BCUT2D eigenvalue weighted by Gasteiger charge is 2.14. The molecule has 1 nitrogen and oxygen atoms in total. The molecule has 0 aromatic heterocycles. The standard InChI is InChI=1S/C11H12ClNS/c1-11(2,3)14-10-5-4-8(7-13)6-9(10)12/h4-6H,1-3H3. The van der Waals surface area contributed by atoms with Crippen LogP contribution in [0.3, 0.4) is 0 Å². The lowest BCUT2D eigenvalue weighted by Crippen LogP contribution is -2.06. The van der Waals surface area contributed by atoms with Crippen molar-refractivity contribution in [3.8, 4) is 6.07 Å². The average molecular weight is 226 g/mol. The van der Waals surface area contributed by atoms with Gasteiger partial charge in [0.25, 0.3) is 0 Å². The highest BCUT2D eigenvalue weighted by Crippen LogP contribution is 2.36. The van der Waals surface area contributed by atoms with Gasteiger partial charge in [-0.3, -0.25) is 0 Å². The summed E-state index contributed by atoms with van der Waals surface area (Å²) in [6.45, 7) is 6.39. The Kier molecular flexibility index (Phi) is 3.47. The van der Waals surface area contributed by atoms with Crippen LogP contribution in [0.1, 0.15) is 26.3 Å². The van der Waals surface area contributed by atoms with Crippen LogP contribution in [0.25, 0.3) is 0 Å². The molecule has 0 radical (unpaired) electrons. The molecule has 1 aromatic carbocycles. The van der Waals surface area contributed by atoms with E-state index in [2.05, 4.69) is 26.8 Å². The molecular weight excluding hydrogens is 214 g/mol. The SMILES string of the molecule is CC(C)(C)Sc1ccc(C#N)cc1Cl. The lowest BCUT2D eigenvalue weighted by Gasteiger charge is -2.18. The van der Waals surface area contributed by atoms with Gasteiger partial charge in [0.2, 0.25) is 0 Å². The van der Waals surface area contributed by atoms with Crippen molar-refractivity contribution >= 4 is 23.4 Å². The maximum Gasteiger partial charge on any atom is 0.0992 e. The van der Waals surface area contributed by atoms with Crippen LogP contribution in [0.4, 0.5) is 0 Å². The van der Waals surface area contributed by atoms with E-state index in [-0.39, 0.29) is 4.75 Å². The van der Waals surface area contributed by atoms with Crippen molar-refractivity contribution in [1.82, 2.24) is 0 Å². The molecule has 1 rings (SSSR count). The van der Waals surface area contributed by atoms with Gasteiger partial charge >= 0.3 is 0 Å². The molecule has 0 bridgehead atoms. The van der Waals surface area contributed by atoms with Crippen LogP contribution in [0.15, 0.2) is 23.1 Å². The zero-order valence-corrected chi connectivity index (χ0v) is 10.0. The number of nitriles is 1. The number of rotatable bonds is 1. The third kappa shape index (κ3) is 3.25.